The Hall–Kier alpha value is -2.63. The minimum atomic E-state index is 0.718. The van der Waals surface area contributed by atoms with Crippen molar-refractivity contribution in [3.63, 3.8) is 0 Å². The Morgan fingerprint density at radius 1 is 1.15 bits per heavy atom. The van der Waals surface area contributed by atoms with Crippen molar-refractivity contribution in [1.82, 2.24) is 24.5 Å². The number of hydrogen-bond donors (Lipinski definition) is 1. The van der Waals surface area contributed by atoms with E-state index < -0.39 is 0 Å². The first-order valence-electron chi connectivity index (χ1n) is 6.44. The standard InChI is InChI=1S/C14H16N6/c1-19-13(6-8-17-19)7-9-20-10-16-14(18-20)11-2-4-12(15)5-3-11/h2-6,8,10H,7,9,15H2,1H3. The SMILES string of the molecule is Cn1nccc1CCn1cnc(-c2ccc(N)cc2)n1. The van der Waals surface area contributed by atoms with Crippen molar-refractivity contribution in [3.8, 4) is 11.4 Å². The van der Waals surface area contributed by atoms with Crippen LogP contribution in [0.15, 0.2) is 42.9 Å². The predicted octanol–water partition coefficient (Wildman–Crippen LogP) is 1.50. The molecule has 2 N–H and O–H groups in total. The molecule has 2 aromatic heterocycles. The van der Waals surface area contributed by atoms with E-state index in [0.717, 1.165) is 30.0 Å². The third-order valence-electron chi connectivity index (χ3n) is 3.22. The minimum absolute atomic E-state index is 0.718. The summed E-state index contributed by atoms with van der Waals surface area (Å²) in [5.74, 6) is 0.718. The van der Waals surface area contributed by atoms with Gasteiger partial charge in [-0.2, -0.15) is 10.2 Å². The average Bonchev–Trinajstić information content (AvgIpc) is 3.06. The normalized spacial score (nSPS) is 10.8. The molecule has 0 aliphatic rings. The maximum absolute atomic E-state index is 5.67. The third-order valence-corrected chi connectivity index (χ3v) is 3.22. The lowest BCUT2D eigenvalue weighted by molar-refractivity contribution is 0.586. The van der Waals surface area contributed by atoms with Gasteiger partial charge in [-0.15, -0.1) is 0 Å². The minimum Gasteiger partial charge on any atom is -0.399 e. The predicted molar refractivity (Wildman–Crippen MR) is 76.8 cm³/mol. The molecular weight excluding hydrogens is 252 g/mol. The van der Waals surface area contributed by atoms with Gasteiger partial charge in [-0.25, -0.2) is 4.98 Å². The van der Waals surface area contributed by atoms with Gasteiger partial charge in [0.15, 0.2) is 5.82 Å². The second-order valence-electron chi connectivity index (χ2n) is 4.65. The highest BCUT2D eigenvalue weighted by Crippen LogP contribution is 2.15. The molecule has 20 heavy (non-hydrogen) atoms. The molecule has 0 aliphatic heterocycles. The number of rotatable bonds is 4. The fourth-order valence-corrected chi connectivity index (χ4v) is 2.04. The molecule has 3 rings (SSSR count). The zero-order valence-electron chi connectivity index (χ0n) is 11.3. The molecule has 0 saturated heterocycles. The molecule has 0 radical (unpaired) electrons. The van der Waals surface area contributed by atoms with Crippen molar-refractivity contribution in [2.45, 2.75) is 13.0 Å². The van der Waals surface area contributed by atoms with Crippen molar-refractivity contribution in [2.24, 2.45) is 7.05 Å². The number of nitrogen functional groups attached to an aromatic ring is 1. The van der Waals surface area contributed by atoms with E-state index in [1.165, 1.54) is 5.69 Å². The smallest absolute Gasteiger partial charge is 0.181 e. The lowest BCUT2D eigenvalue weighted by Gasteiger charge is -2.01. The van der Waals surface area contributed by atoms with Gasteiger partial charge >= 0.3 is 0 Å². The Labute approximate surface area is 116 Å². The van der Waals surface area contributed by atoms with Crippen LogP contribution < -0.4 is 5.73 Å². The van der Waals surface area contributed by atoms with Crippen molar-refractivity contribution < 1.29 is 0 Å². The van der Waals surface area contributed by atoms with Gasteiger partial charge in [-0.3, -0.25) is 9.36 Å². The Balaban J connectivity index is 1.71. The second-order valence-corrected chi connectivity index (χ2v) is 4.65. The van der Waals surface area contributed by atoms with E-state index in [1.54, 1.807) is 12.5 Å². The van der Waals surface area contributed by atoms with Gasteiger partial charge in [-0.05, 0) is 30.3 Å². The van der Waals surface area contributed by atoms with E-state index in [-0.39, 0.29) is 0 Å². The first kappa shape index (κ1) is 12.4. The molecule has 0 bridgehead atoms. The molecule has 3 aromatic rings. The molecule has 2 heterocycles. The number of aryl methyl sites for hydroxylation is 3. The van der Waals surface area contributed by atoms with E-state index in [2.05, 4.69) is 15.2 Å². The summed E-state index contributed by atoms with van der Waals surface area (Å²) in [7, 11) is 1.94. The van der Waals surface area contributed by atoms with Gasteiger partial charge in [0, 0.05) is 43.2 Å². The van der Waals surface area contributed by atoms with Crippen LogP contribution in [0, 0.1) is 0 Å². The molecule has 0 amide bonds. The summed E-state index contributed by atoms with van der Waals surface area (Å²) >= 11 is 0. The average molecular weight is 268 g/mol. The summed E-state index contributed by atoms with van der Waals surface area (Å²) in [4.78, 5) is 4.33. The van der Waals surface area contributed by atoms with Crippen LogP contribution in [0.1, 0.15) is 5.69 Å². The van der Waals surface area contributed by atoms with Gasteiger partial charge in [0.2, 0.25) is 0 Å². The molecule has 0 spiro atoms. The summed E-state index contributed by atoms with van der Waals surface area (Å²) in [6.07, 6.45) is 4.43. The van der Waals surface area contributed by atoms with Gasteiger partial charge in [0.25, 0.3) is 0 Å². The van der Waals surface area contributed by atoms with Crippen molar-refractivity contribution in [1.29, 1.82) is 0 Å². The van der Waals surface area contributed by atoms with Gasteiger partial charge in [-0.1, -0.05) is 0 Å². The monoisotopic (exact) mass is 268 g/mol. The van der Waals surface area contributed by atoms with Gasteiger partial charge < -0.3 is 5.73 Å². The molecule has 102 valence electrons. The Morgan fingerprint density at radius 3 is 2.65 bits per heavy atom. The van der Waals surface area contributed by atoms with Crippen LogP contribution in [0.25, 0.3) is 11.4 Å². The highest BCUT2D eigenvalue weighted by molar-refractivity contribution is 5.57. The molecule has 6 nitrogen and oxygen atoms in total. The van der Waals surface area contributed by atoms with Crippen LogP contribution in [-0.2, 0) is 20.0 Å². The summed E-state index contributed by atoms with van der Waals surface area (Å²) in [6.45, 7) is 0.779. The Morgan fingerprint density at radius 2 is 1.95 bits per heavy atom. The first-order valence-corrected chi connectivity index (χ1v) is 6.44. The Bertz CT molecular complexity index is 695. The topological polar surface area (TPSA) is 74.5 Å². The molecular formula is C14H16N6. The molecule has 0 aliphatic carbocycles. The maximum Gasteiger partial charge on any atom is 0.181 e. The van der Waals surface area contributed by atoms with Crippen LogP contribution in [-0.4, -0.2) is 24.5 Å². The van der Waals surface area contributed by atoms with Crippen LogP contribution in [0.2, 0.25) is 0 Å². The molecule has 6 heteroatoms. The van der Waals surface area contributed by atoms with Crippen molar-refractivity contribution >= 4 is 5.69 Å². The van der Waals surface area contributed by atoms with Gasteiger partial charge in [0.1, 0.15) is 6.33 Å². The number of benzene rings is 1. The number of nitrogens with two attached hydrogens (primary N) is 1. The van der Waals surface area contributed by atoms with E-state index in [0.29, 0.717) is 0 Å². The van der Waals surface area contributed by atoms with E-state index in [1.807, 2.05) is 46.7 Å². The largest absolute Gasteiger partial charge is 0.399 e. The quantitative estimate of drug-likeness (QED) is 0.728. The second kappa shape index (κ2) is 5.16. The number of nitrogens with zero attached hydrogens (tertiary/aromatic N) is 5. The van der Waals surface area contributed by atoms with E-state index in [4.69, 9.17) is 5.73 Å². The first-order chi connectivity index (χ1) is 9.72. The zero-order valence-corrected chi connectivity index (χ0v) is 11.3. The van der Waals surface area contributed by atoms with Gasteiger partial charge in [0.05, 0.1) is 0 Å². The summed E-state index contributed by atoms with van der Waals surface area (Å²) in [5.41, 5.74) is 8.56. The van der Waals surface area contributed by atoms with Crippen molar-refractivity contribution in [2.75, 3.05) is 5.73 Å². The summed E-state index contributed by atoms with van der Waals surface area (Å²) in [5, 5.41) is 8.62. The van der Waals surface area contributed by atoms with Crippen LogP contribution >= 0.6 is 0 Å². The summed E-state index contributed by atoms with van der Waals surface area (Å²) in [6, 6.07) is 9.57. The number of anilines is 1. The van der Waals surface area contributed by atoms with Crippen LogP contribution in [0.4, 0.5) is 5.69 Å². The van der Waals surface area contributed by atoms with E-state index in [9.17, 15) is 0 Å². The number of aromatic nitrogens is 5. The van der Waals surface area contributed by atoms with E-state index >= 15 is 0 Å². The highest BCUT2D eigenvalue weighted by atomic mass is 15.3. The van der Waals surface area contributed by atoms with Crippen LogP contribution in [0.3, 0.4) is 0 Å². The van der Waals surface area contributed by atoms with Crippen LogP contribution in [0.5, 0.6) is 0 Å². The third kappa shape index (κ3) is 2.54. The number of hydrogen-bond acceptors (Lipinski definition) is 4. The summed E-state index contributed by atoms with van der Waals surface area (Å²) < 4.78 is 3.72. The highest BCUT2D eigenvalue weighted by Gasteiger charge is 2.05. The fraction of sp³-hybridized carbons (Fsp3) is 0.214. The Kier molecular flexibility index (Phi) is 3.20. The molecule has 0 atom stereocenters. The lowest BCUT2D eigenvalue weighted by atomic mass is 10.2. The molecule has 0 unspecified atom stereocenters. The fourth-order valence-electron chi connectivity index (χ4n) is 2.04. The molecule has 0 fully saturated rings. The lowest BCUT2D eigenvalue weighted by Crippen LogP contribution is -2.06. The molecule has 0 saturated carbocycles. The van der Waals surface area contributed by atoms with Crippen molar-refractivity contribution in [3.05, 3.63) is 48.5 Å². The zero-order chi connectivity index (χ0) is 13.9. The molecule has 1 aromatic carbocycles. The maximum atomic E-state index is 5.67.